The number of hydrogen-bond acceptors (Lipinski definition) is 6. The van der Waals surface area contributed by atoms with Gasteiger partial charge in [-0.2, -0.15) is 0 Å². The Kier molecular flexibility index (Phi) is 5.52. The van der Waals surface area contributed by atoms with Crippen LogP contribution < -0.4 is 0 Å². The standard InChI is InChI=1S/C22H20FN5O2S/c23-15-9-7-14(8-10-15)21-20(17-5-1-2-6-18(17)24-21)19(29)13-31-22-25-26-27-28(22)12-16-4-3-11-30-16/h1-2,5-10,16,24H,3-4,11-13H2/t16-/m1/s1. The number of fused-ring (bicyclic) bond motifs is 1. The number of tetrazole rings is 1. The number of hydrogen-bond donors (Lipinski definition) is 1. The van der Waals surface area contributed by atoms with Crippen LogP contribution in [0.5, 0.6) is 0 Å². The zero-order valence-corrected chi connectivity index (χ0v) is 17.4. The molecule has 1 aliphatic rings. The predicted molar refractivity (Wildman–Crippen MR) is 116 cm³/mol. The average Bonchev–Trinajstić information content (AvgIpc) is 3.53. The van der Waals surface area contributed by atoms with Crippen LogP contribution in [0.4, 0.5) is 4.39 Å². The molecule has 0 saturated carbocycles. The Balaban J connectivity index is 1.41. The summed E-state index contributed by atoms with van der Waals surface area (Å²) < 4.78 is 20.8. The fraction of sp³-hybridized carbons (Fsp3) is 0.273. The molecule has 0 spiro atoms. The summed E-state index contributed by atoms with van der Waals surface area (Å²) in [6.07, 6.45) is 2.14. The molecule has 0 bridgehead atoms. The first-order chi connectivity index (χ1) is 15.2. The van der Waals surface area contributed by atoms with Crippen molar-refractivity contribution in [1.82, 2.24) is 25.2 Å². The Hall–Kier alpha value is -3.04. The minimum Gasteiger partial charge on any atom is -0.376 e. The fourth-order valence-electron chi connectivity index (χ4n) is 3.86. The molecule has 0 unspecified atom stereocenters. The molecule has 2 aromatic carbocycles. The van der Waals surface area contributed by atoms with Crippen molar-refractivity contribution in [2.45, 2.75) is 30.6 Å². The molecule has 2 aromatic heterocycles. The van der Waals surface area contributed by atoms with Gasteiger partial charge < -0.3 is 9.72 Å². The lowest BCUT2D eigenvalue weighted by atomic mass is 10.0. The second kappa shape index (κ2) is 8.60. The molecule has 31 heavy (non-hydrogen) atoms. The minimum absolute atomic E-state index is 0.0477. The van der Waals surface area contributed by atoms with E-state index in [0.29, 0.717) is 23.0 Å². The number of nitrogens with one attached hydrogen (secondary N) is 1. The van der Waals surface area contributed by atoms with Crippen molar-refractivity contribution in [2.75, 3.05) is 12.4 Å². The SMILES string of the molecule is O=C(CSc1nnnn1C[C@H]1CCCO1)c1c(-c2ccc(F)cc2)[nH]c2ccccc12. The van der Waals surface area contributed by atoms with E-state index in [-0.39, 0.29) is 23.5 Å². The number of rotatable bonds is 7. The number of ketones is 1. The summed E-state index contributed by atoms with van der Waals surface area (Å²) in [6.45, 7) is 1.35. The number of carbonyl (C=O) groups excluding carboxylic acids is 1. The van der Waals surface area contributed by atoms with Crippen molar-refractivity contribution < 1.29 is 13.9 Å². The summed E-state index contributed by atoms with van der Waals surface area (Å²) in [6, 6.07) is 13.8. The van der Waals surface area contributed by atoms with Crippen molar-refractivity contribution in [1.29, 1.82) is 0 Å². The number of benzene rings is 2. The van der Waals surface area contributed by atoms with Crippen LogP contribution in [0, 0.1) is 5.82 Å². The third kappa shape index (κ3) is 4.11. The molecule has 1 saturated heterocycles. The third-order valence-electron chi connectivity index (χ3n) is 5.35. The van der Waals surface area contributed by atoms with Crippen LogP contribution in [0.1, 0.15) is 23.2 Å². The summed E-state index contributed by atoms with van der Waals surface area (Å²) in [5.74, 6) is -0.183. The Morgan fingerprint density at radius 2 is 2.06 bits per heavy atom. The molecule has 4 aromatic rings. The van der Waals surface area contributed by atoms with E-state index in [2.05, 4.69) is 20.5 Å². The van der Waals surface area contributed by atoms with Crippen molar-refractivity contribution >= 4 is 28.4 Å². The zero-order valence-electron chi connectivity index (χ0n) is 16.6. The number of carbonyl (C=O) groups is 1. The monoisotopic (exact) mass is 437 g/mol. The molecule has 9 heteroatoms. The van der Waals surface area contributed by atoms with Gasteiger partial charge in [-0.15, -0.1) is 5.10 Å². The zero-order chi connectivity index (χ0) is 21.2. The highest BCUT2D eigenvalue weighted by atomic mass is 32.2. The highest BCUT2D eigenvalue weighted by molar-refractivity contribution is 7.99. The van der Waals surface area contributed by atoms with Gasteiger partial charge in [0, 0.05) is 17.5 Å². The molecule has 0 aliphatic carbocycles. The fourth-order valence-corrected chi connectivity index (χ4v) is 4.62. The van der Waals surface area contributed by atoms with E-state index >= 15 is 0 Å². The van der Waals surface area contributed by atoms with Crippen LogP contribution in [0.3, 0.4) is 0 Å². The number of nitrogens with zero attached hydrogens (tertiary/aromatic N) is 4. The second-order valence-corrected chi connectivity index (χ2v) is 8.36. The number of aromatic amines is 1. The highest BCUT2D eigenvalue weighted by Gasteiger charge is 2.22. The van der Waals surface area contributed by atoms with Gasteiger partial charge in [-0.25, -0.2) is 9.07 Å². The minimum atomic E-state index is -0.318. The van der Waals surface area contributed by atoms with Crippen LogP contribution in [-0.2, 0) is 11.3 Å². The predicted octanol–water partition coefficient (Wildman–Crippen LogP) is 4.11. The first-order valence-electron chi connectivity index (χ1n) is 10.1. The van der Waals surface area contributed by atoms with Crippen LogP contribution in [0.2, 0.25) is 0 Å². The number of H-pyrrole nitrogens is 1. The van der Waals surface area contributed by atoms with Crippen LogP contribution in [0.25, 0.3) is 22.2 Å². The average molecular weight is 438 g/mol. The molecule has 1 N–H and O–H groups in total. The lowest BCUT2D eigenvalue weighted by Gasteiger charge is -2.10. The van der Waals surface area contributed by atoms with Crippen molar-refractivity contribution in [3.8, 4) is 11.3 Å². The molecule has 0 amide bonds. The van der Waals surface area contributed by atoms with Gasteiger partial charge in [0.05, 0.1) is 29.7 Å². The Labute approximate surface area is 182 Å². The van der Waals surface area contributed by atoms with E-state index in [9.17, 15) is 9.18 Å². The topological polar surface area (TPSA) is 85.7 Å². The summed E-state index contributed by atoms with van der Waals surface area (Å²) >= 11 is 1.31. The van der Waals surface area contributed by atoms with Crippen LogP contribution in [0.15, 0.2) is 53.7 Å². The van der Waals surface area contributed by atoms with Gasteiger partial charge in [0.1, 0.15) is 5.82 Å². The molecule has 5 rings (SSSR count). The van der Waals surface area contributed by atoms with E-state index in [1.54, 1.807) is 16.8 Å². The maximum atomic E-state index is 13.4. The number of ether oxygens (including phenoxy) is 1. The lowest BCUT2D eigenvalue weighted by molar-refractivity contribution is 0.0912. The number of aromatic nitrogens is 5. The van der Waals surface area contributed by atoms with Crippen LogP contribution in [-0.4, -0.2) is 49.4 Å². The number of thioether (sulfide) groups is 1. The Morgan fingerprint density at radius 3 is 2.87 bits per heavy atom. The smallest absolute Gasteiger partial charge is 0.209 e. The molecule has 1 atom stereocenters. The van der Waals surface area contributed by atoms with E-state index in [0.717, 1.165) is 35.9 Å². The van der Waals surface area contributed by atoms with E-state index in [1.165, 1.54) is 23.9 Å². The molecule has 0 radical (unpaired) electrons. The summed E-state index contributed by atoms with van der Waals surface area (Å²) in [5.41, 5.74) is 2.89. The van der Waals surface area contributed by atoms with E-state index in [1.807, 2.05) is 24.3 Å². The third-order valence-corrected chi connectivity index (χ3v) is 6.31. The first-order valence-corrected chi connectivity index (χ1v) is 11.1. The molecular weight excluding hydrogens is 417 g/mol. The molecule has 158 valence electrons. The van der Waals surface area contributed by atoms with E-state index < -0.39 is 0 Å². The first kappa shape index (κ1) is 19.9. The maximum Gasteiger partial charge on any atom is 0.209 e. The lowest BCUT2D eigenvalue weighted by Crippen LogP contribution is -2.17. The molecule has 3 heterocycles. The number of halogens is 1. The van der Waals surface area contributed by atoms with Crippen LogP contribution >= 0.6 is 11.8 Å². The van der Waals surface area contributed by atoms with Crippen molar-refractivity contribution in [2.24, 2.45) is 0 Å². The van der Waals surface area contributed by atoms with Gasteiger partial charge in [-0.05, 0) is 59.2 Å². The quantitative estimate of drug-likeness (QED) is 0.346. The van der Waals surface area contributed by atoms with Gasteiger partial charge in [0.2, 0.25) is 5.16 Å². The summed E-state index contributed by atoms with van der Waals surface area (Å²) in [5, 5.41) is 13.3. The van der Waals surface area contributed by atoms with Gasteiger partial charge in [-0.3, -0.25) is 4.79 Å². The number of para-hydroxylation sites is 1. The Bertz CT molecular complexity index is 1210. The summed E-state index contributed by atoms with van der Waals surface area (Å²) in [7, 11) is 0. The van der Waals surface area contributed by atoms with Gasteiger partial charge in [0.25, 0.3) is 0 Å². The Morgan fingerprint density at radius 1 is 1.23 bits per heavy atom. The summed E-state index contributed by atoms with van der Waals surface area (Å²) in [4.78, 5) is 16.6. The largest absolute Gasteiger partial charge is 0.376 e. The molecule has 1 aliphatic heterocycles. The molecular formula is C22H20FN5O2S. The normalized spacial score (nSPS) is 16.2. The number of Topliss-reactive ketones (excluding diaryl/α,β-unsaturated/α-hetero) is 1. The van der Waals surface area contributed by atoms with Gasteiger partial charge in [0.15, 0.2) is 5.78 Å². The van der Waals surface area contributed by atoms with Crippen molar-refractivity contribution in [3.63, 3.8) is 0 Å². The van der Waals surface area contributed by atoms with E-state index in [4.69, 9.17) is 4.74 Å². The highest BCUT2D eigenvalue weighted by Crippen LogP contribution is 2.32. The molecule has 7 nitrogen and oxygen atoms in total. The van der Waals surface area contributed by atoms with Crippen molar-refractivity contribution in [3.05, 3.63) is 59.9 Å². The molecule has 1 fully saturated rings. The maximum absolute atomic E-state index is 13.4. The van der Waals surface area contributed by atoms with Gasteiger partial charge >= 0.3 is 0 Å². The van der Waals surface area contributed by atoms with Gasteiger partial charge in [-0.1, -0.05) is 30.0 Å². The second-order valence-electron chi connectivity index (χ2n) is 7.42.